The number of aryl methyl sites for hydroxylation is 2. The van der Waals surface area contributed by atoms with Gasteiger partial charge in [0.15, 0.2) is 5.78 Å². The van der Waals surface area contributed by atoms with Crippen molar-refractivity contribution >= 4 is 52.2 Å². The summed E-state index contributed by atoms with van der Waals surface area (Å²) in [5, 5.41) is 4.61. The Morgan fingerprint density at radius 2 is 1.73 bits per heavy atom. The van der Waals surface area contributed by atoms with E-state index < -0.39 is 35.5 Å². The van der Waals surface area contributed by atoms with Crippen molar-refractivity contribution in [3.8, 4) is 11.1 Å². The van der Waals surface area contributed by atoms with Gasteiger partial charge in [0.2, 0.25) is 0 Å². The van der Waals surface area contributed by atoms with Gasteiger partial charge in [-0.1, -0.05) is 54.1 Å². The van der Waals surface area contributed by atoms with Crippen LogP contribution in [-0.2, 0) is 36.8 Å². The van der Waals surface area contributed by atoms with E-state index in [9.17, 15) is 24.0 Å². The lowest BCUT2D eigenvalue weighted by molar-refractivity contribution is -0.145. The van der Waals surface area contributed by atoms with E-state index in [0.717, 1.165) is 67.2 Å². The van der Waals surface area contributed by atoms with Crippen LogP contribution in [0, 0.1) is 6.92 Å². The molecular formula is C35H36N2O7S. The maximum Gasteiger partial charge on any atom is 0.408 e. The number of hydrogen-bond acceptors (Lipinski definition) is 8. The molecule has 0 spiro atoms. The van der Waals surface area contributed by atoms with Gasteiger partial charge in [0.1, 0.15) is 11.6 Å². The van der Waals surface area contributed by atoms with E-state index in [1.807, 2.05) is 31.2 Å². The molecule has 0 bridgehead atoms. The fourth-order valence-corrected chi connectivity index (χ4v) is 6.47. The molecule has 3 aromatic rings. The SMILES string of the molecule is CCOC(=O)[C@H](CSC1=CC(=O)N(Cc2ccc(-c3c4c(cc5ccc(C)cc35)CCC4=O)cc2)C1=O)NC(=O)OC(C)(C)C. The van der Waals surface area contributed by atoms with Crippen molar-refractivity contribution in [3.63, 3.8) is 0 Å². The van der Waals surface area contributed by atoms with Crippen molar-refractivity contribution in [3.05, 3.63) is 81.8 Å². The highest BCUT2D eigenvalue weighted by atomic mass is 32.2. The standard InChI is InChI=1S/C35H36N2O7S/c1-6-43-33(41)26(36-34(42)44-35(3,4)5)19-45-28-17-29(39)37(32(28)40)18-21-8-11-22(12-9-21)30-25-15-20(2)7-10-23(25)16-24-13-14-27(38)31(24)30/h7-12,15-17,26H,6,13-14,18-19H2,1-5H3,(H,36,42)/t26-/m0/s1. The number of fused-ring (bicyclic) bond motifs is 2. The van der Waals surface area contributed by atoms with Crippen molar-refractivity contribution in [2.24, 2.45) is 0 Å². The van der Waals surface area contributed by atoms with Crippen molar-refractivity contribution < 1.29 is 33.4 Å². The van der Waals surface area contributed by atoms with E-state index in [-0.39, 0.29) is 29.6 Å². The normalized spacial score (nSPS) is 15.3. The van der Waals surface area contributed by atoms with Gasteiger partial charge in [-0.05, 0) is 68.5 Å². The Balaban J connectivity index is 1.29. The first-order valence-electron chi connectivity index (χ1n) is 14.9. The highest BCUT2D eigenvalue weighted by Crippen LogP contribution is 2.39. The first-order valence-corrected chi connectivity index (χ1v) is 15.9. The second kappa shape index (κ2) is 12.9. The molecule has 234 valence electrons. The molecule has 0 saturated carbocycles. The second-order valence-corrected chi connectivity index (χ2v) is 13.2. The van der Waals surface area contributed by atoms with Gasteiger partial charge in [-0.15, -0.1) is 11.8 Å². The predicted octanol–water partition coefficient (Wildman–Crippen LogP) is 5.89. The third kappa shape index (κ3) is 7.12. The van der Waals surface area contributed by atoms with E-state index in [2.05, 4.69) is 29.6 Å². The summed E-state index contributed by atoms with van der Waals surface area (Å²) in [7, 11) is 0. The number of thioether (sulfide) groups is 1. The minimum atomic E-state index is -1.08. The number of alkyl carbamates (subject to hydrolysis) is 1. The Hall–Kier alpha value is -4.44. The van der Waals surface area contributed by atoms with Crippen LogP contribution in [0.2, 0.25) is 0 Å². The topological polar surface area (TPSA) is 119 Å². The van der Waals surface area contributed by atoms with E-state index in [1.54, 1.807) is 27.7 Å². The van der Waals surface area contributed by atoms with Gasteiger partial charge >= 0.3 is 12.1 Å². The first-order chi connectivity index (χ1) is 21.3. The minimum absolute atomic E-state index is 0.0288. The zero-order valence-electron chi connectivity index (χ0n) is 26.0. The van der Waals surface area contributed by atoms with E-state index in [0.29, 0.717) is 6.42 Å². The minimum Gasteiger partial charge on any atom is -0.464 e. The van der Waals surface area contributed by atoms with Gasteiger partial charge in [0.25, 0.3) is 11.8 Å². The van der Waals surface area contributed by atoms with E-state index in [1.165, 1.54) is 6.08 Å². The van der Waals surface area contributed by atoms with Gasteiger partial charge in [-0.2, -0.15) is 0 Å². The smallest absolute Gasteiger partial charge is 0.408 e. The largest absolute Gasteiger partial charge is 0.464 e. The molecule has 0 aromatic heterocycles. The summed E-state index contributed by atoms with van der Waals surface area (Å²) in [4.78, 5) is 65.1. The van der Waals surface area contributed by atoms with Crippen LogP contribution in [0.1, 0.15) is 61.2 Å². The van der Waals surface area contributed by atoms with Crippen LogP contribution in [0.25, 0.3) is 21.9 Å². The third-order valence-electron chi connectivity index (χ3n) is 7.51. The summed E-state index contributed by atoms with van der Waals surface area (Å²) in [6, 6.07) is 14.9. The quantitative estimate of drug-likeness (QED) is 0.230. The number of nitrogens with zero attached hydrogens (tertiary/aromatic N) is 1. The predicted molar refractivity (Wildman–Crippen MR) is 173 cm³/mol. The van der Waals surface area contributed by atoms with Crippen molar-refractivity contribution in [1.82, 2.24) is 10.2 Å². The average molecular weight is 629 g/mol. The number of ether oxygens (including phenoxy) is 2. The number of carbonyl (C=O) groups is 5. The lowest BCUT2D eigenvalue weighted by Gasteiger charge is -2.22. The van der Waals surface area contributed by atoms with Gasteiger partial charge in [0.05, 0.1) is 18.1 Å². The van der Waals surface area contributed by atoms with Crippen LogP contribution in [0.5, 0.6) is 0 Å². The Morgan fingerprint density at radius 3 is 2.42 bits per heavy atom. The number of esters is 1. The Kier molecular flexibility index (Phi) is 9.16. The summed E-state index contributed by atoms with van der Waals surface area (Å²) in [6.45, 7) is 8.95. The number of amides is 3. The number of rotatable bonds is 9. The first kappa shape index (κ1) is 32.0. The van der Waals surface area contributed by atoms with E-state index >= 15 is 0 Å². The van der Waals surface area contributed by atoms with Crippen molar-refractivity contribution in [1.29, 1.82) is 0 Å². The summed E-state index contributed by atoms with van der Waals surface area (Å²) in [5.74, 6) is -1.50. The van der Waals surface area contributed by atoms with Gasteiger partial charge in [-0.3, -0.25) is 19.3 Å². The van der Waals surface area contributed by atoms with Crippen LogP contribution in [0.4, 0.5) is 4.79 Å². The fraction of sp³-hybridized carbons (Fsp3) is 0.343. The summed E-state index contributed by atoms with van der Waals surface area (Å²) < 4.78 is 10.3. The molecule has 3 amide bonds. The molecule has 1 atom stereocenters. The molecule has 0 fully saturated rings. The molecule has 3 aromatic carbocycles. The molecule has 1 N–H and O–H groups in total. The van der Waals surface area contributed by atoms with Crippen LogP contribution >= 0.6 is 11.8 Å². The Bertz CT molecular complexity index is 1740. The van der Waals surface area contributed by atoms with Gasteiger partial charge in [-0.25, -0.2) is 9.59 Å². The summed E-state index contributed by atoms with van der Waals surface area (Å²) >= 11 is 0.992. The molecule has 2 aliphatic rings. The molecular weight excluding hydrogens is 592 g/mol. The van der Waals surface area contributed by atoms with Crippen molar-refractivity contribution in [2.75, 3.05) is 12.4 Å². The molecule has 1 heterocycles. The molecule has 1 aliphatic heterocycles. The van der Waals surface area contributed by atoms with Crippen molar-refractivity contribution in [2.45, 2.75) is 65.6 Å². The number of hydrogen-bond donors (Lipinski definition) is 1. The maximum atomic E-state index is 13.2. The average Bonchev–Trinajstić information content (AvgIpc) is 3.47. The molecule has 0 unspecified atom stereocenters. The third-order valence-corrected chi connectivity index (χ3v) is 8.61. The highest BCUT2D eigenvalue weighted by molar-refractivity contribution is 8.04. The lowest BCUT2D eigenvalue weighted by atomic mass is 9.89. The summed E-state index contributed by atoms with van der Waals surface area (Å²) in [5.41, 5.74) is 4.74. The molecule has 1 aliphatic carbocycles. The monoisotopic (exact) mass is 628 g/mol. The fourth-order valence-electron chi connectivity index (χ4n) is 5.49. The number of Topliss-reactive ketones (excluding diaryl/α,β-unsaturated/α-hetero) is 1. The lowest BCUT2D eigenvalue weighted by Crippen LogP contribution is -2.45. The van der Waals surface area contributed by atoms with E-state index in [4.69, 9.17) is 9.47 Å². The number of ketones is 1. The number of imide groups is 1. The molecule has 10 heteroatoms. The number of carbonyl (C=O) groups excluding carboxylic acids is 5. The zero-order valence-corrected chi connectivity index (χ0v) is 26.8. The van der Waals surface area contributed by atoms with Gasteiger partial charge in [0, 0.05) is 29.4 Å². The van der Waals surface area contributed by atoms with Gasteiger partial charge < -0.3 is 14.8 Å². The molecule has 45 heavy (non-hydrogen) atoms. The molecule has 5 rings (SSSR count). The van der Waals surface area contributed by atoms with Crippen LogP contribution in [0.3, 0.4) is 0 Å². The van der Waals surface area contributed by atoms with Crippen LogP contribution < -0.4 is 5.32 Å². The molecule has 0 saturated heterocycles. The number of nitrogens with one attached hydrogen (secondary N) is 1. The second-order valence-electron chi connectivity index (χ2n) is 12.1. The zero-order chi connectivity index (χ0) is 32.5. The molecule has 9 nitrogen and oxygen atoms in total. The van der Waals surface area contributed by atoms with Crippen LogP contribution in [0.15, 0.2) is 59.5 Å². The number of benzene rings is 3. The summed E-state index contributed by atoms with van der Waals surface area (Å²) in [6.07, 6.45) is 1.68. The van der Waals surface area contributed by atoms with Crippen LogP contribution in [-0.4, -0.2) is 58.6 Å². The highest BCUT2D eigenvalue weighted by Gasteiger charge is 2.34. The maximum absolute atomic E-state index is 13.2. The Labute approximate surface area is 266 Å². The molecule has 0 radical (unpaired) electrons. The Morgan fingerprint density at radius 1 is 1.00 bits per heavy atom.